The second kappa shape index (κ2) is 8.98. The summed E-state index contributed by atoms with van der Waals surface area (Å²) < 4.78 is 6.66. The molecule has 25 heavy (non-hydrogen) atoms. The summed E-state index contributed by atoms with van der Waals surface area (Å²) in [5.41, 5.74) is 5.61. The number of anilines is 1. The Labute approximate surface area is 159 Å². The second-order valence-corrected chi connectivity index (χ2v) is 7.31. The van der Waals surface area contributed by atoms with Crippen molar-refractivity contribution in [2.45, 2.75) is 13.0 Å². The minimum absolute atomic E-state index is 0.198. The molecule has 2 aromatic rings. The summed E-state index contributed by atoms with van der Waals surface area (Å²) in [5.74, 6) is 0.0231. The van der Waals surface area contributed by atoms with Crippen LogP contribution in [0.3, 0.4) is 0 Å². The highest BCUT2D eigenvalue weighted by atomic mass is 79.9. The van der Waals surface area contributed by atoms with Crippen molar-refractivity contribution in [1.29, 1.82) is 0 Å². The molecule has 1 aromatic heterocycles. The van der Waals surface area contributed by atoms with Gasteiger partial charge in [-0.05, 0) is 49.7 Å². The van der Waals surface area contributed by atoms with Crippen molar-refractivity contribution >= 4 is 44.1 Å². The molecule has 0 bridgehead atoms. The number of rotatable bonds is 8. The fourth-order valence-corrected chi connectivity index (χ4v) is 3.11. The van der Waals surface area contributed by atoms with Crippen molar-refractivity contribution in [3.8, 4) is 5.75 Å². The maximum Gasteiger partial charge on any atom is 0.251 e. The smallest absolute Gasteiger partial charge is 0.251 e. The number of halogens is 1. The summed E-state index contributed by atoms with van der Waals surface area (Å²) in [5, 5.41) is 4.95. The van der Waals surface area contributed by atoms with E-state index in [2.05, 4.69) is 21.2 Å². The molecule has 6 nitrogen and oxygen atoms in total. The molecule has 2 rings (SSSR count). The molecule has 0 radical (unpaired) electrons. The molecule has 1 atom stereocenters. The van der Waals surface area contributed by atoms with E-state index in [9.17, 15) is 9.59 Å². The Morgan fingerprint density at radius 1 is 1.32 bits per heavy atom. The average molecular weight is 426 g/mol. The van der Waals surface area contributed by atoms with Gasteiger partial charge in [-0.25, -0.2) is 0 Å². The number of thiophene rings is 1. The Morgan fingerprint density at radius 3 is 2.64 bits per heavy atom. The Morgan fingerprint density at radius 2 is 2.00 bits per heavy atom. The average Bonchev–Trinajstić information content (AvgIpc) is 3.04. The van der Waals surface area contributed by atoms with Crippen molar-refractivity contribution < 1.29 is 14.3 Å². The molecule has 3 N–H and O–H groups in total. The van der Waals surface area contributed by atoms with Crippen LogP contribution in [0.5, 0.6) is 5.75 Å². The Kier molecular flexibility index (Phi) is 6.98. The molecule has 1 aromatic carbocycles. The van der Waals surface area contributed by atoms with Gasteiger partial charge in [0, 0.05) is 11.0 Å². The van der Waals surface area contributed by atoms with Crippen LogP contribution >= 0.6 is 27.3 Å². The van der Waals surface area contributed by atoms with Gasteiger partial charge >= 0.3 is 0 Å². The number of nitrogens with two attached hydrogens (primary N) is 1. The van der Waals surface area contributed by atoms with Gasteiger partial charge in [0.1, 0.15) is 17.4 Å². The molecule has 2 amide bonds. The maximum atomic E-state index is 12.4. The molecule has 0 spiro atoms. The topological polar surface area (TPSA) is 84.7 Å². The summed E-state index contributed by atoms with van der Waals surface area (Å²) >= 11 is 4.65. The van der Waals surface area contributed by atoms with E-state index in [1.165, 1.54) is 11.3 Å². The molecule has 0 saturated heterocycles. The standard InChI is InChI=1S/C17H20BrN3O3S/c1-11(16(23)20-17-14(15(19)22)7-10-25-17)21(2)8-9-24-13-5-3-12(18)4-6-13/h3-7,10-11H,8-9H2,1-2H3,(H2,19,22)(H,20,23). The predicted molar refractivity (Wildman–Crippen MR) is 103 cm³/mol. The zero-order valence-corrected chi connectivity index (χ0v) is 16.4. The number of hydrogen-bond acceptors (Lipinski definition) is 5. The van der Waals surface area contributed by atoms with Gasteiger partial charge in [-0.1, -0.05) is 15.9 Å². The monoisotopic (exact) mass is 425 g/mol. The van der Waals surface area contributed by atoms with E-state index in [1.54, 1.807) is 18.4 Å². The lowest BCUT2D eigenvalue weighted by molar-refractivity contribution is -0.120. The van der Waals surface area contributed by atoms with Crippen LogP contribution in [0.2, 0.25) is 0 Å². The maximum absolute atomic E-state index is 12.4. The van der Waals surface area contributed by atoms with E-state index in [0.717, 1.165) is 10.2 Å². The summed E-state index contributed by atoms with van der Waals surface area (Å²) in [6.07, 6.45) is 0. The van der Waals surface area contributed by atoms with Gasteiger partial charge in [0.05, 0.1) is 11.6 Å². The first-order valence-electron chi connectivity index (χ1n) is 7.65. The molecular formula is C17H20BrN3O3S. The summed E-state index contributed by atoms with van der Waals surface area (Å²) in [6.45, 7) is 2.84. The summed E-state index contributed by atoms with van der Waals surface area (Å²) in [7, 11) is 1.85. The third-order valence-electron chi connectivity index (χ3n) is 3.73. The number of amides is 2. The van der Waals surface area contributed by atoms with Crippen LogP contribution in [-0.4, -0.2) is 43.0 Å². The Bertz CT molecular complexity index is 733. The van der Waals surface area contributed by atoms with E-state index in [4.69, 9.17) is 10.5 Å². The highest BCUT2D eigenvalue weighted by molar-refractivity contribution is 9.10. The van der Waals surface area contributed by atoms with Crippen molar-refractivity contribution in [3.63, 3.8) is 0 Å². The Hall–Kier alpha value is -1.90. The molecule has 0 aliphatic carbocycles. The SMILES string of the molecule is CC(C(=O)Nc1sccc1C(N)=O)N(C)CCOc1ccc(Br)cc1. The lowest BCUT2D eigenvalue weighted by Crippen LogP contribution is -2.41. The number of nitrogens with one attached hydrogen (secondary N) is 1. The first kappa shape index (κ1) is 19.4. The van der Waals surface area contributed by atoms with E-state index in [1.807, 2.05) is 36.2 Å². The van der Waals surface area contributed by atoms with Crippen LogP contribution in [-0.2, 0) is 4.79 Å². The molecule has 0 aliphatic heterocycles. The lowest BCUT2D eigenvalue weighted by atomic mass is 10.2. The van der Waals surface area contributed by atoms with E-state index in [0.29, 0.717) is 23.7 Å². The number of ether oxygens (including phenoxy) is 1. The van der Waals surface area contributed by atoms with Crippen molar-refractivity contribution in [2.75, 3.05) is 25.5 Å². The number of primary amides is 1. The van der Waals surface area contributed by atoms with Crippen LogP contribution in [0.4, 0.5) is 5.00 Å². The van der Waals surface area contributed by atoms with E-state index < -0.39 is 5.91 Å². The van der Waals surface area contributed by atoms with Gasteiger partial charge in [-0.2, -0.15) is 0 Å². The van der Waals surface area contributed by atoms with Crippen LogP contribution in [0.1, 0.15) is 17.3 Å². The largest absolute Gasteiger partial charge is 0.492 e. The van der Waals surface area contributed by atoms with Crippen LogP contribution in [0.25, 0.3) is 0 Å². The number of nitrogens with zero attached hydrogens (tertiary/aromatic N) is 1. The second-order valence-electron chi connectivity index (χ2n) is 5.48. The highest BCUT2D eigenvalue weighted by Gasteiger charge is 2.20. The normalized spacial score (nSPS) is 12.0. The van der Waals surface area contributed by atoms with Crippen molar-refractivity contribution in [1.82, 2.24) is 4.90 Å². The highest BCUT2D eigenvalue weighted by Crippen LogP contribution is 2.23. The zero-order valence-electron chi connectivity index (χ0n) is 14.0. The van der Waals surface area contributed by atoms with Crippen LogP contribution in [0.15, 0.2) is 40.2 Å². The number of benzene rings is 1. The molecule has 134 valence electrons. The molecule has 1 unspecified atom stereocenters. The van der Waals surface area contributed by atoms with Crippen molar-refractivity contribution in [3.05, 3.63) is 45.7 Å². The molecule has 1 heterocycles. The number of likely N-dealkylation sites (N-methyl/N-ethyl adjacent to an activating group) is 1. The minimum Gasteiger partial charge on any atom is -0.492 e. The van der Waals surface area contributed by atoms with E-state index in [-0.39, 0.29) is 11.9 Å². The lowest BCUT2D eigenvalue weighted by Gasteiger charge is -2.23. The number of hydrogen-bond donors (Lipinski definition) is 2. The van der Waals surface area contributed by atoms with Gasteiger partial charge < -0.3 is 15.8 Å². The Balaban J connectivity index is 1.83. The number of carbonyl (C=O) groups is 2. The third kappa shape index (κ3) is 5.55. The molecule has 8 heteroatoms. The van der Waals surface area contributed by atoms with Gasteiger partial charge in [-0.15, -0.1) is 11.3 Å². The molecule has 0 fully saturated rings. The minimum atomic E-state index is -0.555. The molecule has 0 aliphatic rings. The van der Waals surface area contributed by atoms with Gasteiger partial charge in [0.15, 0.2) is 0 Å². The first-order valence-corrected chi connectivity index (χ1v) is 9.32. The van der Waals surface area contributed by atoms with Crippen LogP contribution < -0.4 is 15.8 Å². The summed E-state index contributed by atoms with van der Waals surface area (Å²) in [4.78, 5) is 25.5. The first-order chi connectivity index (χ1) is 11.9. The zero-order chi connectivity index (χ0) is 18.4. The van der Waals surface area contributed by atoms with E-state index >= 15 is 0 Å². The quantitative estimate of drug-likeness (QED) is 0.680. The van der Waals surface area contributed by atoms with Gasteiger partial charge in [0.25, 0.3) is 5.91 Å². The third-order valence-corrected chi connectivity index (χ3v) is 5.09. The number of carbonyl (C=O) groups excluding carboxylic acids is 2. The fraction of sp³-hybridized carbons (Fsp3) is 0.294. The van der Waals surface area contributed by atoms with Gasteiger partial charge in [0.2, 0.25) is 5.91 Å². The van der Waals surface area contributed by atoms with Gasteiger partial charge in [-0.3, -0.25) is 14.5 Å². The molecular weight excluding hydrogens is 406 g/mol. The van der Waals surface area contributed by atoms with Crippen molar-refractivity contribution in [2.24, 2.45) is 5.73 Å². The fourth-order valence-electron chi connectivity index (χ4n) is 2.05. The summed E-state index contributed by atoms with van der Waals surface area (Å²) in [6, 6.07) is 8.79. The molecule has 0 saturated carbocycles. The predicted octanol–water partition coefficient (Wildman–Crippen LogP) is 2.95. The van der Waals surface area contributed by atoms with Crippen LogP contribution in [0, 0.1) is 0 Å².